The van der Waals surface area contributed by atoms with Gasteiger partial charge in [0, 0.05) is 51.2 Å². The molecule has 0 radical (unpaired) electrons. The molecule has 9 nitrogen and oxygen atoms in total. The Morgan fingerprint density at radius 2 is 1.79 bits per heavy atom. The Hall–Kier alpha value is -3.46. The highest BCUT2D eigenvalue weighted by Gasteiger charge is 2.35. The number of piperazine rings is 2. The van der Waals surface area contributed by atoms with Gasteiger partial charge in [0.2, 0.25) is 17.7 Å². The molecule has 180 valence electrons. The van der Waals surface area contributed by atoms with Gasteiger partial charge in [0.1, 0.15) is 11.9 Å². The molecule has 1 aromatic heterocycles. The molecule has 3 amide bonds. The monoisotopic (exact) mass is 464 g/mol. The minimum atomic E-state index is -0.804. The summed E-state index contributed by atoms with van der Waals surface area (Å²) in [6.07, 6.45) is 1.71. The number of carbonyl (C=O) groups excluding carboxylic acids is 3. The number of nitrogens with zero attached hydrogens (tertiary/aromatic N) is 4. The Morgan fingerprint density at radius 3 is 2.47 bits per heavy atom. The van der Waals surface area contributed by atoms with Crippen molar-refractivity contribution in [3.05, 3.63) is 53.7 Å². The van der Waals surface area contributed by atoms with Crippen LogP contribution in [0.5, 0.6) is 0 Å². The Kier molecular flexibility index (Phi) is 7.42. The number of carbonyl (C=O) groups is 3. The van der Waals surface area contributed by atoms with Crippen molar-refractivity contribution >= 4 is 29.2 Å². The number of rotatable bonds is 6. The minimum Gasteiger partial charge on any atom is -0.354 e. The number of benzene rings is 1. The average molecular weight is 465 g/mol. The van der Waals surface area contributed by atoms with Crippen LogP contribution in [0.1, 0.15) is 17.5 Å². The van der Waals surface area contributed by atoms with E-state index in [9.17, 15) is 14.4 Å². The van der Waals surface area contributed by atoms with Crippen LogP contribution in [0.2, 0.25) is 0 Å². The fourth-order valence-electron chi connectivity index (χ4n) is 4.61. The van der Waals surface area contributed by atoms with Crippen LogP contribution >= 0.6 is 0 Å². The molecule has 2 saturated heterocycles. The average Bonchev–Trinajstić information content (AvgIpc) is 2.80. The van der Waals surface area contributed by atoms with Gasteiger partial charge in [-0.05, 0) is 49.2 Å². The van der Waals surface area contributed by atoms with Gasteiger partial charge in [0.05, 0.1) is 13.0 Å². The Labute approximate surface area is 200 Å². The maximum absolute atomic E-state index is 13.1. The zero-order chi connectivity index (χ0) is 24.1. The predicted octanol–water partition coefficient (Wildman–Crippen LogP) is 1.18. The van der Waals surface area contributed by atoms with Gasteiger partial charge in [0.15, 0.2) is 0 Å². The highest BCUT2D eigenvalue weighted by Crippen LogP contribution is 2.17. The smallest absolute Gasteiger partial charge is 0.243 e. The standard InChI is InChI=1S/C25H32N6O3/c1-18-13-19(2)15-20(14-18)28-23(32)16-21-25(34)27-7-8-31(21)24(33)17-29-9-11-30(12-10-29)22-5-3-4-6-26-22/h3-6,13-15,21H,7-12,16-17H2,1-2H3,(H,27,34)(H,28,32)/t21-/m1/s1. The molecular formula is C25H32N6O3. The van der Waals surface area contributed by atoms with Crippen LogP contribution in [0.15, 0.2) is 42.6 Å². The number of hydrogen-bond donors (Lipinski definition) is 2. The van der Waals surface area contributed by atoms with Crippen molar-refractivity contribution in [1.29, 1.82) is 0 Å². The number of nitrogens with one attached hydrogen (secondary N) is 2. The fraction of sp³-hybridized carbons (Fsp3) is 0.440. The normalized spacial score (nSPS) is 19.0. The van der Waals surface area contributed by atoms with E-state index in [1.54, 1.807) is 11.1 Å². The Morgan fingerprint density at radius 1 is 1.06 bits per heavy atom. The molecule has 1 aromatic carbocycles. The molecule has 0 bridgehead atoms. The highest BCUT2D eigenvalue weighted by molar-refractivity contribution is 5.97. The third kappa shape index (κ3) is 5.91. The van der Waals surface area contributed by atoms with Gasteiger partial charge in [-0.2, -0.15) is 0 Å². The molecule has 2 aromatic rings. The highest BCUT2D eigenvalue weighted by atomic mass is 16.2. The van der Waals surface area contributed by atoms with E-state index in [2.05, 4.69) is 25.4 Å². The minimum absolute atomic E-state index is 0.0714. The van der Waals surface area contributed by atoms with E-state index in [0.717, 1.165) is 43.1 Å². The summed E-state index contributed by atoms with van der Waals surface area (Å²) in [5.41, 5.74) is 2.79. The number of anilines is 2. The second kappa shape index (κ2) is 10.6. The molecular weight excluding hydrogens is 432 g/mol. The van der Waals surface area contributed by atoms with Crippen molar-refractivity contribution in [3.63, 3.8) is 0 Å². The molecule has 34 heavy (non-hydrogen) atoms. The van der Waals surface area contributed by atoms with Gasteiger partial charge in [-0.1, -0.05) is 12.1 Å². The molecule has 0 unspecified atom stereocenters. The topological polar surface area (TPSA) is 97.9 Å². The molecule has 1 atom stereocenters. The molecule has 0 saturated carbocycles. The third-order valence-electron chi connectivity index (χ3n) is 6.24. The summed E-state index contributed by atoms with van der Waals surface area (Å²) < 4.78 is 0. The first-order valence-corrected chi connectivity index (χ1v) is 11.7. The van der Waals surface area contributed by atoms with Gasteiger partial charge in [-0.3, -0.25) is 19.3 Å². The molecule has 9 heteroatoms. The summed E-state index contributed by atoms with van der Waals surface area (Å²) in [4.78, 5) is 48.7. The predicted molar refractivity (Wildman–Crippen MR) is 131 cm³/mol. The molecule has 2 aliphatic rings. The summed E-state index contributed by atoms with van der Waals surface area (Å²) >= 11 is 0. The zero-order valence-electron chi connectivity index (χ0n) is 19.8. The van der Waals surface area contributed by atoms with Crippen LogP contribution in [0, 0.1) is 13.8 Å². The number of hydrogen-bond acceptors (Lipinski definition) is 6. The van der Waals surface area contributed by atoms with Crippen molar-refractivity contribution in [1.82, 2.24) is 20.1 Å². The molecule has 4 rings (SSSR count). The maximum Gasteiger partial charge on any atom is 0.243 e. The second-order valence-electron chi connectivity index (χ2n) is 8.97. The summed E-state index contributed by atoms with van der Waals surface area (Å²) in [6.45, 7) is 8.01. The maximum atomic E-state index is 13.1. The van der Waals surface area contributed by atoms with Crippen LogP contribution in [0.25, 0.3) is 0 Å². The number of aromatic nitrogens is 1. The van der Waals surface area contributed by atoms with E-state index in [4.69, 9.17) is 0 Å². The SMILES string of the molecule is Cc1cc(C)cc(NC(=O)C[C@@H]2C(=O)NCCN2C(=O)CN2CCN(c3ccccn3)CC2)c1. The van der Waals surface area contributed by atoms with E-state index >= 15 is 0 Å². The Balaban J connectivity index is 1.33. The molecule has 3 heterocycles. The third-order valence-corrected chi connectivity index (χ3v) is 6.24. The molecule has 2 N–H and O–H groups in total. The summed E-state index contributed by atoms with van der Waals surface area (Å²) in [7, 11) is 0. The van der Waals surface area contributed by atoms with Crippen molar-refractivity contribution in [2.45, 2.75) is 26.3 Å². The van der Waals surface area contributed by atoms with Crippen molar-refractivity contribution in [2.75, 3.05) is 56.0 Å². The summed E-state index contributed by atoms with van der Waals surface area (Å²) in [6, 6.07) is 10.9. The Bertz CT molecular complexity index is 1020. The van der Waals surface area contributed by atoms with E-state index in [-0.39, 0.29) is 30.7 Å². The lowest BCUT2D eigenvalue weighted by atomic mass is 10.1. The summed E-state index contributed by atoms with van der Waals surface area (Å²) in [5.74, 6) is 0.255. The number of pyridine rings is 1. The van der Waals surface area contributed by atoms with Crippen molar-refractivity contribution < 1.29 is 14.4 Å². The van der Waals surface area contributed by atoms with Gasteiger partial charge in [-0.15, -0.1) is 0 Å². The largest absolute Gasteiger partial charge is 0.354 e. The summed E-state index contributed by atoms with van der Waals surface area (Å²) in [5, 5.41) is 5.67. The van der Waals surface area contributed by atoms with E-state index in [1.165, 1.54) is 0 Å². The lowest BCUT2D eigenvalue weighted by molar-refractivity contribution is -0.145. The molecule has 2 fully saturated rings. The van der Waals surface area contributed by atoms with Crippen LogP contribution < -0.4 is 15.5 Å². The van der Waals surface area contributed by atoms with Gasteiger partial charge in [-0.25, -0.2) is 4.98 Å². The quantitative estimate of drug-likeness (QED) is 0.666. The number of amides is 3. The van der Waals surface area contributed by atoms with Crippen molar-refractivity contribution in [2.24, 2.45) is 0 Å². The molecule has 0 aliphatic carbocycles. The second-order valence-corrected chi connectivity index (χ2v) is 8.97. The van der Waals surface area contributed by atoms with Gasteiger partial charge >= 0.3 is 0 Å². The first kappa shape index (κ1) is 23.7. The van der Waals surface area contributed by atoms with Crippen LogP contribution in [-0.2, 0) is 14.4 Å². The number of aryl methyl sites for hydroxylation is 2. The zero-order valence-corrected chi connectivity index (χ0v) is 19.8. The van der Waals surface area contributed by atoms with Gasteiger partial charge < -0.3 is 20.4 Å². The van der Waals surface area contributed by atoms with Crippen LogP contribution in [0.4, 0.5) is 11.5 Å². The van der Waals surface area contributed by atoms with Crippen LogP contribution in [0.3, 0.4) is 0 Å². The van der Waals surface area contributed by atoms with Crippen molar-refractivity contribution in [3.8, 4) is 0 Å². The molecule has 0 spiro atoms. The fourth-order valence-corrected chi connectivity index (χ4v) is 4.61. The van der Waals surface area contributed by atoms with Crippen LogP contribution in [-0.4, -0.2) is 84.4 Å². The lowest BCUT2D eigenvalue weighted by Crippen LogP contribution is -2.60. The van der Waals surface area contributed by atoms with E-state index < -0.39 is 6.04 Å². The first-order valence-electron chi connectivity index (χ1n) is 11.7. The van der Waals surface area contributed by atoms with E-state index in [1.807, 2.05) is 50.2 Å². The van der Waals surface area contributed by atoms with E-state index in [0.29, 0.717) is 18.8 Å². The lowest BCUT2D eigenvalue weighted by Gasteiger charge is -2.38. The first-order chi connectivity index (χ1) is 16.4. The van der Waals surface area contributed by atoms with Gasteiger partial charge in [0.25, 0.3) is 0 Å². The molecule has 2 aliphatic heterocycles.